The van der Waals surface area contributed by atoms with E-state index >= 15 is 0 Å². The highest BCUT2D eigenvalue weighted by molar-refractivity contribution is 5.55. The molecule has 0 aliphatic carbocycles. The highest BCUT2D eigenvalue weighted by atomic mass is 16.5. The van der Waals surface area contributed by atoms with E-state index in [-0.39, 0.29) is 0 Å². The minimum absolute atomic E-state index is 0.504. The smallest absolute Gasteiger partial charge is 0.161 e. The van der Waals surface area contributed by atoms with Crippen LogP contribution >= 0.6 is 0 Å². The molecule has 0 saturated heterocycles. The summed E-state index contributed by atoms with van der Waals surface area (Å²) in [5.74, 6) is 1.42. The summed E-state index contributed by atoms with van der Waals surface area (Å²) >= 11 is 0. The Kier molecular flexibility index (Phi) is 4.99. The molecule has 16 heavy (non-hydrogen) atoms. The molecule has 86 valence electrons. The summed E-state index contributed by atoms with van der Waals surface area (Å²) in [6, 6.07) is 5.66. The molecule has 1 aromatic rings. The molecule has 0 unspecified atom stereocenters. The van der Waals surface area contributed by atoms with E-state index in [1.807, 2.05) is 24.3 Å². The highest BCUT2D eigenvalue weighted by Gasteiger charge is 2.02. The van der Waals surface area contributed by atoms with Crippen LogP contribution in [-0.2, 0) is 4.74 Å². The molecule has 1 aromatic carbocycles. The maximum absolute atomic E-state index is 5.19. The Hall–Kier alpha value is -1.90. The maximum atomic E-state index is 5.19. The van der Waals surface area contributed by atoms with Crippen LogP contribution in [0.4, 0.5) is 0 Å². The van der Waals surface area contributed by atoms with Gasteiger partial charge in [0, 0.05) is 0 Å². The Morgan fingerprint density at radius 3 is 2.56 bits per heavy atom. The summed E-state index contributed by atoms with van der Waals surface area (Å²) in [5.41, 5.74) is 0.988. The molecule has 0 saturated carbocycles. The lowest BCUT2D eigenvalue weighted by atomic mass is 10.2. The summed E-state index contributed by atoms with van der Waals surface area (Å²) in [5, 5.41) is 0. The Morgan fingerprint density at radius 2 is 1.94 bits per heavy atom. The molecular weight excluding hydrogens is 204 g/mol. The Bertz CT molecular complexity index is 369. The normalized spacial score (nSPS) is 10.1. The molecule has 0 atom stereocenters. The molecule has 0 bridgehead atoms. The van der Waals surface area contributed by atoms with E-state index in [0.29, 0.717) is 18.1 Å². The number of hydrogen-bond donors (Lipinski definition) is 0. The zero-order valence-corrected chi connectivity index (χ0v) is 9.60. The average Bonchev–Trinajstić information content (AvgIpc) is 2.34. The van der Waals surface area contributed by atoms with E-state index in [1.54, 1.807) is 26.6 Å². The van der Waals surface area contributed by atoms with E-state index in [0.717, 1.165) is 5.56 Å². The van der Waals surface area contributed by atoms with Crippen molar-refractivity contribution in [2.75, 3.05) is 20.8 Å². The van der Waals surface area contributed by atoms with Crippen molar-refractivity contribution in [2.45, 2.75) is 0 Å². The van der Waals surface area contributed by atoms with E-state index in [9.17, 15) is 0 Å². The van der Waals surface area contributed by atoms with Crippen LogP contribution in [0.25, 0.3) is 6.08 Å². The molecule has 0 N–H and O–H groups in total. The van der Waals surface area contributed by atoms with Crippen LogP contribution in [0.15, 0.2) is 37.1 Å². The third kappa shape index (κ3) is 3.35. The molecule has 1 rings (SSSR count). The van der Waals surface area contributed by atoms with Gasteiger partial charge in [0.05, 0.1) is 20.5 Å². The fourth-order valence-corrected chi connectivity index (χ4v) is 1.21. The minimum atomic E-state index is 0.504. The maximum Gasteiger partial charge on any atom is 0.161 e. The number of methoxy groups -OCH3 is 2. The van der Waals surface area contributed by atoms with E-state index in [1.165, 1.54) is 0 Å². The molecule has 0 spiro atoms. The Balaban J connectivity index is 2.74. The molecule has 0 radical (unpaired) electrons. The lowest BCUT2D eigenvalue weighted by Gasteiger charge is -2.07. The first-order valence-electron chi connectivity index (χ1n) is 4.93. The molecule has 0 aliphatic rings. The lowest BCUT2D eigenvalue weighted by Crippen LogP contribution is -1.90. The predicted molar refractivity (Wildman–Crippen MR) is 64.7 cm³/mol. The van der Waals surface area contributed by atoms with Gasteiger partial charge in [-0.25, -0.2) is 0 Å². The summed E-state index contributed by atoms with van der Waals surface area (Å²) in [7, 11) is 3.22. The number of hydrogen-bond acceptors (Lipinski definition) is 3. The molecule has 3 heteroatoms. The minimum Gasteiger partial charge on any atom is -0.497 e. The van der Waals surface area contributed by atoms with Gasteiger partial charge in [0.2, 0.25) is 0 Å². The van der Waals surface area contributed by atoms with Crippen LogP contribution in [0.2, 0.25) is 0 Å². The van der Waals surface area contributed by atoms with Gasteiger partial charge in [0.15, 0.2) is 11.5 Å². The van der Waals surface area contributed by atoms with Crippen LogP contribution in [0.3, 0.4) is 0 Å². The first kappa shape index (κ1) is 12.2. The number of benzene rings is 1. The van der Waals surface area contributed by atoms with Crippen molar-refractivity contribution < 1.29 is 14.2 Å². The average molecular weight is 220 g/mol. The van der Waals surface area contributed by atoms with Crippen LogP contribution in [0, 0.1) is 0 Å². The van der Waals surface area contributed by atoms with E-state index in [4.69, 9.17) is 14.2 Å². The molecule has 0 aromatic heterocycles. The summed E-state index contributed by atoms with van der Waals surface area (Å²) in [6.07, 6.45) is 5.17. The highest BCUT2D eigenvalue weighted by Crippen LogP contribution is 2.27. The topological polar surface area (TPSA) is 27.7 Å². The van der Waals surface area contributed by atoms with Crippen molar-refractivity contribution in [1.82, 2.24) is 0 Å². The van der Waals surface area contributed by atoms with Crippen molar-refractivity contribution in [1.29, 1.82) is 0 Å². The number of rotatable bonds is 6. The zero-order valence-electron chi connectivity index (χ0n) is 9.60. The fraction of sp³-hybridized carbons (Fsp3) is 0.231. The van der Waals surface area contributed by atoms with Crippen LogP contribution < -0.4 is 9.47 Å². The molecular formula is C13H16O3. The molecule has 3 nitrogen and oxygen atoms in total. The van der Waals surface area contributed by atoms with Crippen LogP contribution in [0.5, 0.6) is 11.5 Å². The van der Waals surface area contributed by atoms with Gasteiger partial charge in [-0.2, -0.15) is 0 Å². The van der Waals surface area contributed by atoms with Gasteiger partial charge in [-0.1, -0.05) is 18.7 Å². The third-order valence-electron chi connectivity index (χ3n) is 1.98. The molecule has 0 fully saturated rings. The van der Waals surface area contributed by atoms with E-state index in [2.05, 4.69) is 6.58 Å². The van der Waals surface area contributed by atoms with Gasteiger partial charge in [-0.3, -0.25) is 0 Å². The van der Waals surface area contributed by atoms with Gasteiger partial charge in [0.25, 0.3) is 0 Å². The SMILES string of the molecule is C=CCOC=Cc1ccc(OC)c(OC)c1. The second-order valence-electron chi connectivity index (χ2n) is 3.04. The third-order valence-corrected chi connectivity index (χ3v) is 1.98. The molecule has 0 aliphatic heterocycles. The fourth-order valence-electron chi connectivity index (χ4n) is 1.21. The molecule has 0 heterocycles. The largest absolute Gasteiger partial charge is 0.497 e. The van der Waals surface area contributed by atoms with E-state index < -0.39 is 0 Å². The Morgan fingerprint density at radius 1 is 1.19 bits per heavy atom. The predicted octanol–water partition coefficient (Wildman–Crippen LogP) is 2.88. The van der Waals surface area contributed by atoms with Crippen molar-refractivity contribution in [3.63, 3.8) is 0 Å². The zero-order chi connectivity index (χ0) is 11.8. The quantitative estimate of drug-likeness (QED) is 0.419. The van der Waals surface area contributed by atoms with Gasteiger partial charge >= 0.3 is 0 Å². The van der Waals surface area contributed by atoms with Crippen molar-refractivity contribution in [2.24, 2.45) is 0 Å². The lowest BCUT2D eigenvalue weighted by molar-refractivity contribution is 0.293. The van der Waals surface area contributed by atoms with Crippen molar-refractivity contribution in [3.8, 4) is 11.5 Å². The van der Waals surface area contributed by atoms with Gasteiger partial charge in [0.1, 0.15) is 6.61 Å². The van der Waals surface area contributed by atoms with Crippen molar-refractivity contribution >= 4 is 6.08 Å². The van der Waals surface area contributed by atoms with Crippen LogP contribution in [0.1, 0.15) is 5.56 Å². The second-order valence-corrected chi connectivity index (χ2v) is 3.04. The van der Waals surface area contributed by atoms with Gasteiger partial charge in [-0.05, 0) is 23.8 Å². The molecule has 0 amide bonds. The summed E-state index contributed by atoms with van der Waals surface area (Å²) < 4.78 is 15.5. The van der Waals surface area contributed by atoms with Gasteiger partial charge in [-0.15, -0.1) is 0 Å². The van der Waals surface area contributed by atoms with Crippen LogP contribution in [-0.4, -0.2) is 20.8 Å². The standard InChI is InChI=1S/C13H16O3/c1-4-8-16-9-7-11-5-6-12(14-2)13(10-11)15-3/h4-7,9-10H,1,8H2,2-3H3. The second kappa shape index (κ2) is 6.56. The van der Waals surface area contributed by atoms with Crippen molar-refractivity contribution in [3.05, 3.63) is 42.7 Å². The number of ether oxygens (including phenoxy) is 3. The Labute approximate surface area is 95.9 Å². The first-order chi connectivity index (χ1) is 7.81. The first-order valence-corrected chi connectivity index (χ1v) is 4.93. The van der Waals surface area contributed by atoms with Gasteiger partial charge < -0.3 is 14.2 Å². The monoisotopic (exact) mass is 220 g/mol. The summed E-state index contributed by atoms with van der Waals surface area (Å²) in [4.78, 5) is 0. The summed E-state index contributed by atoms with van der Waals surface area (Å²) in [6.45, 7) is 4.06.